The van der Waals surface area contributed by atoms with E-state index in [1.54, 1.807) is 0 Å². The van der Waals surface area contributed by atoms with Gasteiger partial charge in [0.1, 0.15) is 5.75 Å². The van der Waals surface area contributed by atoms with Crippen LogP contribution in [0.1, 0.15) is 0 Å². The molecule has 7 nitrogen and oxygen atoms in total. The summed E-state index contributed by atoms with van der Waals surface area (Å²) in [4.78, 5) is 12.2. The predicted molar refractivity (Wildman–Crippen MR) is 107 cm³/mol. The zero-order valence-electron chi connectivity index (χ0n) is 16.0. The SMILES string of the molecule is CN(C)S(=O)(=O)c1cccc(NC(=O)CNc2cc(Cl)ccc2OCC(F)(F)F)c1. The van der Waals surface area contributed by atoms with Crippen LogP contribution in [0.15, 0.2) is 47.4 Å². The van der Waals surface area contributed by atoms with Crippen LogP contribution in [0.5, 0.6) is 5.75 Å². The fourth-order valence-electron chi connectivity index (χ4n) is 2.25. The maximum Gasteiger partial charge on any atom is 0.422 e. The Morgan fingerprint density at radius 2 is 1.87 bits per heavy atom. The van der Waals surface area contributed by atoms with Gasteiger partial charge in [0, 0.05) is 24.8 Å². The molecule has 0 aliphatic heterocycles. The van der Waals surface area contributed by atoms with E-state index in [1.807, 2.05) is 0 Å². The van der Waals surface area contributed by atoms with Crippen LogP contribution < -0.4 is 15.4 Å². The molecule has 2 aromatic carbocycles. The molecule has 2 aromatic rings. The summed E-state index contributed by atoms with van der Waals surface area (Å²) in [6, 6.07) is 9.59. The lowest BCUT2D eigenvalue weighted by Crippen LogP contribution is -2.24. The number of rotatable bonds is 8. The Hall–Kier alpha value is -2.50. The van der Waals surface area contributed by atoms with E-state index in [-0.39, 0.29) is 33.6 Å². The first kappa shape index (κ1) is 23.8. The van der Waals surface area contributed by atoms with Crippen LogP contribution in [0.3, 0.4) is 0 Å². The van der Waals surface area contributed by atoms with Crippen molar-refractivity contribution in [3.63, 3.8) is 0 Å². The van der Waals surface area contributed by atoms with Gasteiger partial charge in [-0.1, -0.05) is 17.7 Å². The zero-order chi connectivity index (χ0) is 22.5. The second-order valence-electron chi connectivity index (χ2n) is 6.26. The number of hydrogen-bond acceptors (Lipinski definition) is 5. The van der Waals surface area contributed by atoms with Crippen molar-refractivity contribution >= 4 is 38.9 Å². The number of sulfonamides is 1. The van der Waals surface area contributed by atoms with Crippen molar-refractivity contribution in [3.05, 3.63) is 47.5 Å². The van der Waals surface area contributed by atoms with Gasteiger partial charge in [0.2, 0.25) is 15.9 Å². The molecular weight excluding hydrogens is 447 g/mol. The zero-order valence-corrected chi connectivity index (χ0v) is 17.5. The van der Waals surface area contributed by atoms with Crippen molar-refractivity contribution in [1.29, 1.82) is 0 Å². The van der Waals surface area contributed by atoms with Gasteiger partial charge >= 0.3 is 6.18 Å². The highest BCUT2D eigenvalue weighted by Crippen LogP contribution is 2.29. The van der Waals surface area contributed by atoms with Crippen molar-refractivity contribution in [3.8, 4) is 5.75 Å². The van der Waals surface area contributed by atoms with E-state index in [4.69, 9.17) is 16.3 Å². The minimum atomic E-state index is -4.52. The summed E-state index contributed by atoms with van der Waals surface area (Å²) in [6.45, 7) is -1.82. The van der Waals surface area contributed by atoms with Crippen molar-refractivity contribution in [2.45, 2.75) is 11.1 Å². The highest BCUT2D eigenvalue weighted by atomic mass is 35.5. The number of ether oxygens (including phenoxy) is 1. The number of halogens is 4. The molecule has 0 saturated heterocycles. The second-order valence-corrected chi connectivity index (χ2v) is 8.85. The van der Waals surface area contributed by atoms with E-state index in [0.717, 1.165) is 4.31 Å². The van der Waals surface area contributed by atoms with Crippen LogP contribution in [0.2, 0.25) is 5.02 Å². The van der Waals surface area contributed by atoms with Gasteiger partial charge in [-0.3, -0.25) is 4.79 Å². The second kappa shape index (κ2) is 9.54. The van der Waals surface area contributed by atoms with E-state index in [0.29, 0.717) is 0 Å². The predicted octanol–water partition coefficient (Wildman–Crippen LogP) is 3.58. The quantitative estimate of drug-likeness (QED) is 0.622. The Bertz CT molecular complexity index is 1010. The number of hydrogen-bond donors (Lipinski definition) is 2. The van der Waals surface area contributed by atoms with Gasteiger partial charge in [0.25, 0.3) is 0 Å². The van der Waals surface area contributed by atoms with Crippen molar-refractivity contribution in [1.82, 2.24) is 4.31 Å². The molecule has 0 saturated carbocycles. The molecule has 0 radical (unpaired) electrons. The Morgan fingerprint density at radius 3 is 2.50 bits per heavy atom. The van der Waals surface area contributed by atoms with Gasteiger partial charge < -0.3 is 15.4 Å². The fraction of sp³-hybridized carbons (Fsp3) is 0.278. The van der Waals surface area contributed by atoms with Gasteiger partial charge in [-0.2, -0.15) is 13.2 Å². The van der Waals surface area contributed by atoms with Crippen LogP contribution in [-0.4, -0.2) is 52.1 Å². The Kier molecular flexibility index (Phi) is 7.56. The Morgan fingerprint density at radius 1 is 1.17 bits per heavy atom. The number of anilines is 2. The van der Waals surface area contributed by atoms with E-state index < -0.39 is 28.7 Å². The summed E-state index contributed by atoms with van der Waals surface area (Å²) in [5.41, 5.74) is 0.343. The number of nitrogens with one attached hydrogen (secondary N) is 2. The molecule has 1 amide bonds. The first-order valence-electron chi connectivity index (χ1n) is 8.44. The van der Waals surface area contributed by atoms with E-state index >= 15 is 0 Å². The van der Waals surface area contributed by atoms with Crippen molar-refractivity contribution < 1.29 is 31.1 Å². The van der Waals surface area contributed by atoms with Crippen molar-refractivity contribution in [2.75, 3.05) is 37.9 Å². The standard InChI is InChI=1S/C18H19ClF3N3O4S/c1-25(2)30(27,28)14-5-3-4-13(9-14)24-17(26)10-23-15-8-12(19)6-7-16(15)29-11-18(20,21)22/h3-9,23H,10-11H2,1-2H3,(H,24,26). The van der Waals surface area contributed by atoms with Gasteiger partial charge in [0.15, 0.2) is 6.61 Å². The molecule has 0 atom stereocenters. The molecule has 0 aliphatic rings. The minimum Gasteiger partial charge on any atom is -0.482 e. The molecular formula is C18H19ClF3N3O4S. The minimum absolute atomic E-state index is 0.00376. The summed E-state index contributed by atoms with van der Waals surface area (Å²) in [7, 11) is -0.910. The lowest BCUT2D eigenvalue weighted by Gasteiger charge is -2.15. The third kappa shape index (κ3) is 6.78. The molecule has 0 bridgehead atoms. The number of carbonyl (C=O) groups excluding carboxylic acids is 1. The topological polar surface area (TPSA) is 87.7 Å². The summed E-state index contributed by atoms with van der Waals surface area (Å²) in [6.07, 6.45) is -4.52. The van der Waals surface area contributed by atoms with Gasteiger partial charge in [-0.25, -0.2) is 12.7 Å². The first-order valence-corrected chi connectivity index (χ1v) is 10.3. The molecule has 0 aromatic heterocycles. The smallest absolute Gasteiger partial charge is 0.422 e. The maximum atomic E-state index is 12.4. The largest absolute Gasteiger partial charge is 0.482 e. The Balaban J connectivity index is 2.06. The number of nitrogens with zero attached hydrogens (tertiary/aromatic N) is 1. The third-order valence-corrected chi connectivity index (χ3v) is 5.71. The van der Waals surface area contributed by atoms with Gasteiger partial charge in [-0.05, 0) is 36.4 Å². The van der Waals surface area contributed by atoms with Gasteiger partial charge in [0.05, 0.1) is 17.1 Å². The lowest BCUT2D eigenvalue weighted by molar-refractivity contribution is -0.153. The number of alkyl halides is 3. The average molecular weight is 466 g/mol. The average Bonchev–Trinajstić information content (AvgIpc) is 2.65. The molecule has 12 heteroatoms. The lowest BCUT2D eigenvalue weighted by atomic mass is 10.3. The summed E-state index contributed by atoms with van der Waals surface area (Å²) in [5, 5.41) is 5.41. The highest BCUT2D eigenvalue weighted by Gasteiger charge is 2.29. The van der Waals surface area contributed by atoms with Gasteiger partial charge in [-0.15, -0.1) is 0 Å². The normalized spacial score (nSPS) is 12.0. The molecule has 0 fully saturated rings. The molecule has 164 valence electrons. The molecule has 0 aliphatic carbocycles. The van der Waals surface area contributed by atoms with E-state index in [2.05, 4.69) is 10.6 Å². The monoisotopic (exact) mass is 465 g/mol. The summed E-state index contributed by atoms with van der Waals surface area (Å²) >= 11 is 5.86. The molecule has 0 spiro atoms. The number of benzene rings is 2. The fourth-order valence-corrected chi connectivity index (χ4v) is 3.37. The summed E-state index contributed by atoms with van der Waals surface area (Å²) in [5.74, 6) is -0.681. The summed E-state index contributed by atoms with van der Waals surface area (Å²) < 4.78 is 67.3. The first-order chi connectivity index (χ1) is 13.9. The molecule has 2 rings (SSSR count). The van der Waals surface area contributed by atoms with Crippen LogP contribution in [0.4, 0.5) is 24.5 Å². The van der Waals surface area contributed by atoms with E-state index in [9.17, 15) is 26.4 Å². The highest BCUT2D eigenvalue weighted by molar-refractivity contribution is 7.89. The van der Waals surface area contributed by atoms with Crippen LogP contribution in [-0.2, 0) is 14.8 Å². The van der Waals surface area contributed by atoms with Crippen LogP contribution >= 0.6 is 11.6 Å². The van der Waals surface area contributed by atoms with Crippen LogP contribution in [0.25, 0.3) is 0 Å². The third-order valence-electron chi connectivity index (χ3n) is 3.67. The van der Waals surface area contributed by atoms with Crippen molar-refractivity contribution in [2.24, 2.45) is 0 Å². The molecule has 0 unspecified atom stereocenters. The Labute approximate surface area is 176 Å². The number of amides is 1. The van der Waals surface area contributed by atoms with E-state index in [1.165, 1.54) is 56.6 Å². The maximum absolute atomic E-state index is 12.4. The van der Waals surface area contributed by atoms with Crippen LogP contribution in [0, 0.1) is 0 Å². The molecule has 30 heavy (non-hydrogen) atoms. The molecule has 2 N–H and O–H groups in total. The number of carbonyl (C=O) groups is 1. The molecule has 0 heterocycles.